The van der Waals surface area contributed by atoms with Crippen LogP contribution in [0.4, 0.5) is 0 Å². The molecule has 0 aromatic heterocycles. The zero-order valence-corrected chi connectivity index (χ0v) is 7.09. The molecule has 0 bridgehead atoms. The number of carbonyl (C=O) groups is 1. The first kappa shape index (κ1) is 7.52. The van der Waals surface area contributed by atoms with Crippen molar-refractivity contribution in [3.05, 3.63) is 0 Å². The molecule has 2 nitrogen and oxygen atoms in total. The summed E-state index contributed by atoms with van der Waals surface area (Å²) in [4.78, 5) is 10.3. The molecule has 0 aromatic rings. The minimum absolute atomic E-state index is 0.133. The van der Waals surface area contributed by atoms with Crippen LogP contribution in [0.3, 0.4) is 0 Å². The van der Waals surface area contributed by atoms with Gasteiger partial charge in [0.25, 0.3) is 0 Å². The van der Waals surface area contributed by atoms with Crippen molar-refractivity contribution in [2.45, 2.75) is 6.04 Å². The fourth-order valence-electron chi connectivity index (χ4n) is 0.753. The first-order valence-corrected chi connectivity index (χ1v) is 4.56. The Kier molecular flexibility index (Phi) is 2.96. The molecule has 0 N–H and O–H groups in total. The molecular weight excluding hydrogens is 153 g/mol. The number of hydrogen-bond donors (Lipinski definition) is 0. The van der Waals surface area contributed by atoms with Gasteiger partial charge in [-0.3, -0.25) is 4.67 Å². The van der Waals surface area contributed by atoms with E-state index in [9.17, 15) is 4.79 Å². The van der Waals surface area contributed by atoms with Crippen molar-refractivity contribution >= 4 is 27.4 Å². The van der Waals surface area contributed by atoms with E-state index >= 15 is 0 Å². The predicted molar refractivity (Wildman–Crippen MR) is 43.6 cm³/mol. The maximum absolute atomic E-state index is 10.3. The van der Waals surface area contributed by atoms with Crippen LogP contribution in [-0.4, -0.2) is 35.0 Å². The number of aldehydes is 1. The molecule has 1 rings (SSSR count). The smallest absolute Gasteiger partial charge is 0.138 e. The van der Waals surface area contributed by atoms with E-state index in [1.165, 1.54) is 0 Å². The van der Waals surface area contributed by atoms with Gasteiger partial charge in [0.2, 0.25) is 0 Å². The van der Waals surface area contributed by atoms with Crippen LogP contribution in [0.2, 0.25) is 0 Å². The molecule has 2 atom stereocenters. The van der Waals surface area contributed by atoms with E-state index in [4.69, 9.17) is 0 Å². The average molecular weight is 163 g/mol. The summed E-state index contributed by atoms with van der Waals surface area (Å²) in [5, 5.41) is 0. The van der Waals surface area contributed by atoms with Gasteiger partial charge in [-0.15, -0.1) is 0 Å². The van der Waals surface area contributed by atoms with Crippen LogP contribution in [0.5, 0.6) is 0 Å². The second kappa shape index (κ2) is 3.55. The van der Waals surface area contributed by atoms with E-state index in [1.807, 2.05) is 16.4 Å². The van der Waals surface area contributed by atoms with Crippen molar-refractivity contribution in [1.82, 2.24) is 4.67 Å². The highest BCUT2D eigenvalue weighted by molar-refractivity contribution is 7.99. The highest BCUT2D eigenvalue weighted by atomic mass is 32.2. The quantitative estimate of drug-likeness (QED) is 0.412. The third kappa shape index (κ3) is 1.92. The van der Waals surface area contributed by atoms with Crippen molar-refractivity contribution in [1.29, 1.82) is 0 Å². The lowest BCUT2D eigenvalue weighted by Gasteiger charge is -2.27. The molecule has 1 aliphatic rings. The van der Waals surface area contributed by atoms with Crippen LogP contribution < -0.4 is 0 Å². The SMILES string of the molecule is O=CC1CSCCN1P. The Balaban J connectivity index is 2.38. The monoisotopic (exact) mass is 163 g/mol. The topological polar surface area (TPSA) is 20.3 Å². The molecule has 4 heteroatoms. The molecular formula is C5H10NOPS. The molecule has 52 valence electrons. The molecule has 0 amide bonds. The van der Waals surface area contributed by atoms with Crippen LogP contribution in [-0.2, 0) is 4.79 Å². The number of thioether (sulfide) groups is 1. The number of nitrogens with zero attached hydrogens (tertiary/aromatic N) is 1. The van der Waals surface area contributed by atoms with Gasteiger partial charge in [-0.2, -0.15) is 11.8 Å². The molecule has 0 radical (unpaired) electrons. The predicted octanol–water partition coefficient (Wildman–Crippen LogP) is 0.393. The molecule has 1 saturated heterocycles. The fraction of sp³-hybridized carbons (Fsp3) is 0.800. The van der Waals surface area contributed by atoms with Crippen molar-refractivity contribution in [2.75, 3.05) is 18.1 Å². The van der Waals surface area contributed by atoms with Gasteiger partial charge in [-0.05, 0) is 0 Å². The second-order valence-corrected chi connectivity index (χ2v) is 3.83. The van der Waals surface area contributed by atoms with E-state index in [0.717, 1.165) is 24.3 Å². The lowest BCUT2D eigenvalue weighted by atomic mass is 10.4. The third-order valence-electron chi connectivity index (χ3n) is 1.37. The molecule has 0 aliphatic carbocycles. The van der Waals surface area contributed by atoms with Crippen molar-refractivity contribution in [3.8, 4) is 0 Å². The first-order chi connectivity index (χ1) is 4.34. The molecule has 1 aliphatic heterocycles. The summed E-state index contributed by atoms with van der Waals surface area (Å²) in [7, 11) is 2.58. The summed E-state index contributed by atoms with van der Waals surface area (Å²) >= 11 is 1.85. The maximum Gasteiger partial charge on any atom is 0.138 e. The lowest BCUT2D eigenvalue weighted by molar-refractivity contribution is -0.110. The van der Waals surface area contributed by atoms with Gasteiger partial charge in [-0.25, -0.2) is 0 Å². The Hall–Kier alpha value is 0.410. The summed E-state index contributed by atoms with van der Waals surface area (Å²) in [6.45, 7) is 1.01. The third-order valence-corrected chi connectivity index (χ3v) is 3.06. The zero-order chi connectivity index (χ0) is 6.69. The van der Waals surface area contributed by atoms with Crippen molar-refractivity contribution < 1.29 is 4.79 Å². The fourth-order valence-corrected chi connectivity index (χ4v) is 2.42. The highest BCUT2D eigenvalue weighted by Crippen LogP contribution is 2.17. The van der Waals surface area contributed by atoms with Crippen molar-refractivity contribution in [3.63, 3.8) is 0 Å². The zero-order valence-electron chi connectivity index (χ0n) is 5.12. The Morgan fingerprint density at radius 2 is 2.56 bits per heavy atom. The normalized spacial score (nSPS) is 30.1. The summed E-state index contributed by atoms with van der Waals surface area (Å²) in [6, 6.07) is 0.133. The Bertz CT molecular complexity index is 111. The standard InChI is InChI=1S/C5H10NOPS/c7-3-5-4-9-2-1-6(5)8/h3,5H,1-2,4,8H2. The van der Waals surface area contributed by atoms with Crippen LogP contribution in [0.15, 0.2) is 0 Å². The van der Waals surface area contributed by atoms with Gasteiger partial charge >= 0.3 is 0 Å². The van der Waals surface area contributed by atoms with Gasteiger partial charge in [0.15, 0.2) is 0 Å². The Morgan fingerprint density at radius 3 is 3.00 bits per heavy atom. The van der Waals surface area contributed by atoms with Gasteiger partial charge in [0.05, 0.1) is 6.04 Å². The number of carbonyl (C=O) groups excluding carboxylic acids is 1. The number of rotatable bonds is 1. The van der Waals surface area contributed by atoms with Gasteiger partial charge in [-0.1, -0.05) is 9.39 Å². The van der Waals surface area contributed by atoms with E-state index < -0.39 is 0 Å². The Morgan fingerprint density at radius 1 is 1.78 bits per heavy atom. The van der Waals surface area contributed by atoms with Crippen LogP contribution in [0.25, 0.3) is 0 Å². The van der Waals surface area contributed by atoms with E-state index in [1.54, 1.807) is 0 Å². The molecule has 9 heavy (non-hydrogen) atoms. The Labute approximate surface area is 61.6 Å². The largest absolute Gasteiger partial charge is 0.302 e. The minimum atomic E-state index is 0.133. The minimum Gasteiger partial charge on any atom is -0.302 e. The molecule has 0 aromatic carbocycles. The van der Waals surface area contributed by atoms with Crippen molar-refractivity contribution in [2.24, 2.45) is 0 Å². The van der Waals surface area contributed by atoms with E-state index in [0.29, 0.717) is 0 Å². The lowest BCUT2D eigenvalue weighted by Crippen LogP contribution is -2.36. The van der Waals surface area contributed by atoms with Gasteiger partial charge in [0.1, 0.15) is 6.29 Å². The molecule has 1 fully saturated rings. The summed E-state index contributed by atoms with van der Waals surface area (Å²) in [5.74, 6) is 2.10. The van der Waals surface area contributed by atoms with Crippen LogP contribution >= 0.6 is 21.2 Å². The summed E-state index contributed by atoms with van der Waals surface area (Å²) < 4.78 is 2.02. The van der Waals surface area contributed by atoms with E-state index in [2.05, 4.69) is 9.39 Å². The summed E-state index contributed by atoms with van der Waals surface area (Å²) in [6.07, 6.45) is 1.01. The number of hydrogen-bond acceptors (Lipinski definition) is 3. The van der Waals surface area contributed by atoms with Crippen LogP contribution in [0, 0.1) is 0 Å². The van der Waals surface area contributed by atoms with E-state index in [-0.39, 0.29) is 6.04 Å². The van der Waals surface area contributed by atoms with Crippen LogP contribution in [0.1, 0.15) is 0 Å². The summed E-state index contributed by atoms with van der Waals surface area (Å²) in [5.41, 5.74) is 0. The molecule has 1 heterocycles. The first-order valence-electron chi connectivity index (χ1n) is 2.89. The molecule has 2 unspecified atom stereocenters. The van der Waals surface area contributed by atoms with Gasteiger partial charge in [0, 0.05) is 18.1 Å². The maximum atomic E-state index is 10.3. The van der Waals surface area contributed by atoms with Gasteiger partial charge < -0.3 is 4.79 Å². The molecule has 0 spiro atoms. The average Bonchev–Trinajstić information content (AvgIpc) is 1.89. The second-order valence-electron chi connectivity index (χ2n) is 2.02. The highest BCUT2D eigenvalue weighted by Gasteiger charge is 2.17. The molecule has 0 saturated carbocycles.